The number of nitrogens with one attached hydrogen (secondary N) is 1. The predicted octanol–water partition coefficient (Wildman–Crippen LogP) is 1.08. The van der Waals surface area contributed by atoms with Gasteiger partial charge in [-0.05, 0) is 36.6 Å². The van der Waals surface area contributed by atoms with E-state index in [1.54, 1.807) is 16.7 Å². The Morgan fingerprint density at radius 1 is 1.32 bits per heavy atom. The van der Waals surface area contributed by atoms with Crippen LogP contribution in [0.15, 0.2) is 35.4 Å². The van der Waals surface area contributed by atoms with Gasteiger partial charge < -0.3 is 24.7 Å². The first-order valence-electron chi connectivity index (χ1n) is 9.45. The first-order chi connectivity index (χ1) is 14.8. The number of hydrogen-bond acceptors (Lipinski definition) is 9. The number of nitrogens with two attached hydrogens (primary N) is 1. The number of benzene rings is 1. The SMILES string of the molecule is COc1ccc(OP(=O)(O)OC[C@H]2C[C@@H](n3cnc4c(=O)[nH]c(N)nc43)[C@H]2CO)cc1. The van der Waals surface area contributed by atoms with Gasteiger partial charge in [-0.1, -0.05) is 0 Å². The van der Waals surface area contributed by atoms with Crippen LogP contribution in [0.25, 0.3) is 11.2 Å². The molecule has 0 radical (unpaired) electrons. The lowest BCUT2D eigenvalue weighted by Crippen LogP contribution is -2.43. The second kappa shape index (κ2) is 8.31. The monoisotopic (exact) mass is 451 g/mol. The third kappa shape index (κ3) is 4.28. The molecule has 0 spiro atoms. The van der Waals surface area contributed by atoms with E-state index in [0.717, 1.165) is 0 Å². The van der Waals surface area contributed by atoms with Crippen LogP contribution in [-0.2, 0) is 9.09 Å². The normalized spacial score (nSPS) is 22.6. The highest BCUT2D eigenvalue weighted by atomic mass is 31.2. The minimum absolute atomic E-state index is 0.0316. The van der Waals surface area contributed by atoms with E-state index in [-0.39, 0.29) is 48.3 Å². The number of phosphoric ester groups is 1. The fraction of sp³-hybridized carbons (Fsp3) is 0.389. The summed E-state index contributed by atoms with van der Waals surface area (Å²) in [6, 6.07) is 5.96. The molecule has 13 heteroatoms. The number of H-pyrrole nitrogens is 1. The Balaban J connectivity index is 1.41. The number of rotatable bonds is 8. The van der Waals surface area contributed by atoms with Gasteiger partial charge in [-0.15, -0.1) is 0 Å². The third-order valence-electron chi connectivity index (χ3n) is 5.39. The summed E-state index contributed by atoms with van der Waals surface area (Å²) in [6.07, 6.45) is 1.99. The van der Waals surface area contributed by atoms with E-state index in [0.29, 0.717) is 17.8 Å². The minimum Gasteiger partial charge on any atom is -0.497 e. The highest BCUT2D eigenvalue weighted by molar-refractivity contribution is 7.47. The Labute approximate surface area is 176 Å². The number of anilines is 1. The highest BCUT2D eigenvalue weighted by Gasteiger charge is 2.44. The van der Waals surface area contributed by atoms with Gasteiger partial charge in [0, 0.05) is 18.6 Å². The Hall–Kier alpha value is -2.92. The first kappa shape index (κ1) is 21.3. The molecule has 1 fully saturated rings. The molecule has 5 N–H and O–H groups in total. The summed E-state index contributed by atoms with van der Waals surface area (Å²) in [5.74, 6) is 0.219. The molecule has 1 saturated carbocycles. The van der Waals surface area contributed by atoms with E-state index < -0.39 is 13.4 Å². The smallest absolute Gasteiger partial charge is 0.497 e. The van der Waals surface area contributed by atoms with Gasteiger partial charge in [0.1, 0.15) is 11.5 Å². The standard InChI is InChI=1S/C18H22N5O7P/c1-28-11-2-4-12(5-3-11)30-31(26,27)29-8-10-6-14(13(10)7-24)23-9-20-15-16(23)21-18(19)22-17(15)25/h2-5,9-10,13-14,24H,6-8H2,1H3,(H,26,27)(H3,19,21,22,25)/t10-,13+,14-/m1/s1. The van der Waals surface area contributed by atoms with Crippen molar-refractivity contribution in [3.05, 3.63) is 40.9 Å². The van der Waals surface area contributed by atoms with Gasteiger partial charge in [0.2, 0.25) is 5.95 Å². The molecule has 1 aliphatic rings. The van der Waals surface area contributed by atoms with E-state index in [4.69, 9.17) is 19.5 Å². The summed E-state index contributed by atoms with van der Waals surface area (Å²) in [5, 5.41) is 9.84. The molecular formula is C18H22N5O7P. The number of aromatic nitrogens is 4. The maximum absolute atomic E-state index is 12.3. The predicted molar refractivity (Wildman–Crippen MR) is 110 cm³/mol. The van der Waals surface area contributed by atoms with Crippen molar-refractivity contribution < 1.29 is 28.3 Å². The number of fused-ring (bicyclic) bond motifs is 1. The molecule has 1 unspecified atom stereocenters. The Bertz CT molecular complexity index is 1180. The molecule has 4 rings (SSSR count). The average Bonchev–Trinajstić information content (AvgIpc) is 3.11. The van der Waals surface area contributed by atoms with Crippen LogP contribution in [0.4, 0.5) is 5.95 Å². The number of nitrogen functional groups attached to an aromatic ring is 1. The van der Waals surface area contributed by atoms with Crippen LogP contribution < -0.4 is 20.6 Å². The van der Waals surface area contributed by atoms with Crippen LogP contribution in [0, 0.1) is 11.8 Å². The highest BCUT2D eigenvalue weighted by Crippen LogP contribution is 2.49. The molecule has 12 nitrogen and oxygen atoms in total. The Morgan fingerprint density at radius 2 is 2.03 bits per heavy atom. The number of phosphoric acid groups is 1. The van der Waals surface area contributed by atoms with Gasteiger partial charge in [-0.3, -0.25) is 19.2 Å². The molecule has 2 heterocycles. The summed E-state index contributed by atoms with van der Waals surface area (Å²) in [6.45, 7) is -0.277. The maximum Gasteiger partial charge on any atom is 0.527 e. The van der Waals surface area contributed by atoms with Crippen LogP contribution >= 0.6 is 7.82 Å². The number of hydrogen-bond donors (Lipinski definition) is 4. The van der Waals surface area contributed by atoms with Crippen molar-refractivity contribution in [3.8, 4) is 11.5 Å². The quantitative estimate of drug-likeness (QED) is 0.363. The van der Waals surface area contributed by atoms with Crippen LogP contribution in [0.1, 0.15) is 12.5 Å². The molecule has 3 aromatic rings. The zero-order chi connectivity index (χ0) is 22.2. The number of ether oxygens (including phenoxy) is 1. The average molecular weight is 451 g/mol. The molecule has 1 aliphatic carbocycles. The van der Waals surface area contributed by atoms with E-state index in [1.807, 2.05) is 0 Å². The molecular weight excluding hydrogens is 429 g/mol. The van der Waals surface area contributed by atoms with E-state index in [9.17, 15) is 19.4 Å². The Morgan fingerprint density at radius 3 is 2.71 bits per heavy atom. The number of nitrogens with zero attached hydrogens (tertiary/aromatic N) is 3. The molecule has 0 amide bonds. The Kier molecular flexibility index (Phi) is 5.71. The summed E-state index contributed by atoms with van der Waals surface area (Å²) >= 11 is 0. The molecule has 0 saturated heterocycles. The lowest BCUT2D eigenvalue weighted by molar-refractivity contribution is -0.00487. The number of aliphatic hydroxyl groups is 1. The minimum atomic E-state index is -4.36. The zero-order valence-electron chi connectivity index (χ0n) is 16.5. The topological polar surface area (TPSA) is 175 Å². The van der Waals surface area contributed by atoms with Gasteiger partial charge in [0.25, 0.3) is 5.56 Å². The van der Waals surface area contributed by atoms with Crippen molar-refractivity contribution in [2.75, 3.05) is 26.1 Å². The molecule has 0 aliphatic heterocycles. The fourth-order valence-electron chi connectivity index (χ4n) is 3.73. The van der Waals surface area contributed by atoms with Gasteiger partial charge >= 0.3 is 7.82 Å². The summed E-state index contributed by atoms with van der Waals surface area (Å²) in [5.41, 5.74) is 5.65. The van der Waals surface area contributed by atoms with Crippen molar-refractivity contribution in [3.63, 3.8) is 0 Å². The largest absolute Gasteiger partial charge is 0.527 e. The van der Waals surface area contributed by atoms with Crippen molar-refractivity contribution >= 4 is 24.9 Å². The fourth-order valence-corrected chi connectivity index (χ4v) is 4.55. The summed E-state index contributed by atoms with van der Waals surface area (Å²) < 4.78 is 29.2. The van der Waals surface area contributed by atoms with Crippen molar-refractivity contribution in [1.29, 1.82) is 0 Å². The van der Waals surface area contributed by atoms with Gasteiger partial charge in [0.05, 0.1) is 20.0 Å². The maximum atomic E-state index is 12.3. The molecule has 0 bridgehead atoms. The number of aliphatic hydroxyl groups excluding tert-OH is 1. The van der Waals surface area contributed by atoms with Crippen molar-refractivity contribution in [2.24, 2.45) is 11.8 Å². The third-order valence-corrected chi connectivity index (χ3v) is 6.31. The summed E-state index contributed by atoms with van der Waals surface area (Å²) in [4.78, 5) is 32.6. The van der Waals surface area contributed by atoms with Crippen LogP contribution in [-0.4, -0.2) is 49.8 Å². The zero-order valence-corrected chi connectivity index (χ0v) is 17.4. The van der Waals surface area contributed by atoms with Gasteiger partial charge in [0.15, 0.2) is 11.2 Å². The molecule has 31 heavy (non-hydrogen) atoms. The second-order valence-corrected chi connectivity index (χ2v) is 8.59. The van der Waals surface area contributed by atoms with Crippen LogP contribution in [0.2, 0.25) is 0 Å². The molecule has 166 valence electrons. The van der Waals surface area contributed by atoms with Gasteiger partial charge in [-0.25, -0.2) is 9.55 Å². The van der Waals surface area contributed by atoms with E-state index in [1.165, 1.54) is 25.6 Å². The lowest BCUT2D eigenvalue weighted by Gasteiger charge is -2.44. The van der Waals surface area contributed by atoms with Crippen molar-refractivity contribution in [1.82, 2.24) is 19.5 Å². The van der Waals surface area contributed by atoms with Crippen LogP contribution in [0.5, 0.6) is 11.5 Å². The van der Waals surface area contributed by atoms with Crippen molar-refractivity contribution in [2.45, 2.75) is 12.5 Å². The van der Waals surface area contributed by atoms with E-state index >= 15 is 0 Å². The first-order valence-corrected chi connectivity index (χ1v) is 10.9. The second-order valence-electron chi connectivity index (χ2n) is 7.22. The molecule has 1 aromatic carbocycles. The number of aromatic amines is 1. The number of imidazole rings is 1. The summed E-state index contributed by atoms with van der Waals surface area (Å²) in [7, 11) is -2.85. The van der Waals surface area contributed by atoms with Crippen LogP contribution in [0.3, 0.4) is 0 Å². The lowest BCUT2D eigenvalue weighted by atomic mass is 9.70. The van der Waals surface area contributed by atoms with Gasteiger partial charge in [-0.2, -0.15) is 4.98 Å². The number of methoxy groups -OCH3 is 1. The molecule has 4 atom stereocenters. The molecule has 2 aromatic heterocycles. The van der Waals surface area contributed by atoms with E-state index in [2.05, 4.69) is 15.0 Å².